The van der Waals surface area contributed by atoms with Gasteiger partial charge in [0.2, 0.25) is 0 Å². The van der Waals surface area contributed by atoms with Crippen molar-refractivity contribution >= 4 is 6.09 Å². The highest BCUT2D eigenvalue weighted by molar-refractivity contribution is 5.68. The molecule has 0 aromatic heterocycles. The van der Waals surface area contributed by atoms with E-state index in [4.69, 9.17) is 4.74 Å². The summed E-state index contributed by atoms with van der Waals surface area (Å²) >= 11 is 0. The van der Waals surface area contributed by atoms with Gasteiger partial charge < -0.3 is 9.64 Å². The molecule has 0 rings (SSSR count). The average molecular weight is 199 g/mol. The van der Waals surface area contributed by atoms with Crippen molar-refractivity contribution in [1.82, 2.24) is 4.90 Å². The number of ether oxygens (including phenoxy) is 1. The molecule has 0 bridgehead atoms. The second-order valence-corrected chi connectivity index (χ2v) is 4.46. The molecule has 1 atom stereocenters. The Morgan fingerprint density at radius 1 is 1.57 bits per heavy atom. The molecule has 0 aliphatic heterocycles. The molecule has 0 aliphatic rings. The van der Waals surface area contributed by atoms with Gasteiger partial charge in [-0.25, -0.2) is 4.79 Å². The van der Waals surface area contributed by atoms with Gasteiger partial charge in [-0.3, -0.25) is 0 Å². The highest BCUT2D eigenvalue weighted by Crippen LogP contribution is 2.11. The minimum absolute atomic E-state index is 0.127. The maximum absolute atomic E-state index is 11.5. The topological polar surface area (TPSA) is 29.5 Å². The van der Waals surface area contributed by atoms with Gasteiger partial charge in [0, 0.05) is 13.1 Å². The Balaban J connectivity index is 4.18. The predicted molar refractivity (Wildman–Crippen MR) is 58.3 cm³/mol. The van der Waals surface area contributed by atoms with Gasteiger partial charge >= 0.3 is 6.09 Å². The predicted octanol–water partition coefficient (Wildman–Crippen LogP) is 2.82. The summed E-state index contributed by atoms with van der Waals surface area (Å²) in [5.74, 6) is 0. The molecule has 0 unspecified atom stereocenters. The number of rotatable bonds is 3. The molecule has 0 radical (unpaired) electrons. The highest BCUT2D eigenvalue weighted by Gasteiger charge is 2.21. The van der Waals surface area contributed by atoms with Crippen LogP contribution in [0.25, 0.3) is 0 Å². The van der Waals surface area contributed by atoms with E-state index < -0.39 is 5.60 Å². The van der Waals surface area contributed by atoms with Gasteiger partial charge in [-0.05, 0) is 34.1 Å². The Labute approximate surface area is 86.7 Å². The minimum atomic E-state index is -0.431. The Morgan fingerprint density at radius 3 is 2.43 bits per heavy atom. The quantitative estimate of drug-likeness (QED) is 0.654. The van der Waals surface area contributed by atoms with Crippen molar-refractivity contribution in [3.8, 4) is 0 Å². The molecule has 0 spiro atoms. The number of carbonyl (C=O) groups is 1. The van der Waals surface area contributed by atoms with Crippen molar-refractivity contribution in [2.75, 3.05) is 7.05 Å². The zero-order valence-electron chi connectivity index (χ0n) is 9.83. The fourth-order valence-electron chi connectivity index (χ4n) is 0.913. The molecule has 1 amide bonds. The van der Waals surface area contributed by atoms with E-state index in [0.717, 1.165) is 6.42 Å². The molecule has 0 aromatic carbocycles. The fourth-order valence-corrected chi connectivity index (χ4v) is 0.913. The zero-order chi connectivity index (χ0) is 11.4. The minimum Gasteiger partial charge on any atom is -0.444 e. The van der Waals surface area contributed by atoms with Crippen LogP contribution in [-0.2, 0) is 4.74 Å². The third-order valence-corrected chi connectivity index (χ3v) is 1.85. The molecule has 3 heteroatoms. The van der Waals surface area contributed by atoms with E-state index in [0.29, 0.717) is 0 Å². The highest BCUT2D eigenvalue weighted by atomic mass is 16.6. The molecular formula is C11H21NO2. The Hall–Kier alpha value is -0.990. The monoisotopic (exact) mass is 199 g/mol. The van der Waals surface area contributed by atoms with Crippen molar-refractivity contribution in [2.45, 2.75) is 45.8 Å². The van der Waals surface area contributed by atoms with Crippen LogP contribution in [0, 0.1) is 0 Å². The lowest BCUT2D eigenvalue weighted by Gasteiger charge is -2.28. The summed E-state index contributed by atoms with van der Waals surface area (Å²) in [5.41, 5.74) is -0.431. The molecule has 0 saturated carbocycles. The fraction of sp³-hybridized carbons (Fsp3) is 0.727. The first kappa shape index (κ1) is 13.0. The Bertz CT molecular complexity index is 206. The van der Waals surface area contributed by atoms with Crippen molar-refractivity contribution in [3.63, 3.8) is 0 Å². The first-order valence-electron chi connectivity index (χ1n) is 4.84. The van der Waals surface area contributed by atoms with Crippen molar-refractivity contribution in [2.24, 2.45) is 0 Å². The summed E-state index contributed by atoms with van der Waals surface area (Å²) in [5, 5.41) is 0. The lowest BCUT2D eigenvalue weighted by Crippen LogP contribution is -2.39. The van der Waals surface area contributed by atoms with Gasteiger partial charge in [0.25, 0.3) is 0 Å². The van der Waals surface area contributed by atoms with E-state index in [1.54, 1.807) is 18.0 Å². The summed E-state index contributed by atoms with van der Waals surface area (Å²) < 4.78 is 5.22. The van der Waals surface area contributed by atoms with Gasteiger partial charge in [-0.15, -0.1) is 6.58 Å². The summed E-state index contributed by atoms with van der Waals surface area (Å²) in [6.45, 7) is 11.2. The van der Waals surface area contributed by atoms with Gasteiger partial charge in [-0.2, -0.15) is 0 Å². The largest absolute Gasteiger partial charge is 0.444 e. The molecule has 0 aromatic rings. The smallest absolute Gasteiger partial charge is 0.410 e. The van der Waals surface area contributed by atoms with Gasteiger partial charge in [-0.1, -0.05) is 6.08 Å². The number of amides is 1. The van der Waals surface area contributed by atoms with Crippen molar-refractivity contribution in [1.29, 1.82) is 0 Å². The van der Waals surface area contributed by atoms with Crippen molar-refractivity contribution < 1.29 is 9.53 Å². The number of hydrogen-bond donors (Lipinski definition) is 0. The van der Waals surface area contributed by atoms with Crippen LogP contribution >= 0.6 is 0 Å². The molecule has 0 aliphatic carbocycles. The normalized spacial score (nSPS) is 13.2. The number of hydrogen-bond acceptors (Lipinski definition) is 2. The average Bonchev–Trinajstić information content (AvgIpc) is 2.00. The van der Waals surface area contributed by atoms with Gasteiger partial charge in [0.1, 0.15) is 5.60 Å². The molecule has 0 saturated heterocycles. The molecular weight excluding hydrogens is 178 g/mol. The third kappa shape index (κ3) is 4.90. The molecule has 14 heavy (non-hydrogen) atoms. The van der Waals surface area contributed by atoms with Crippen molar-refractivity contribution in [3.05, 3.63) is 12.7 Å². The Kier molecular flexibility index (Phi) is 4.68. The maximum Gasteiger partial charge on any atom is 0.410 e. The van der Waals surface area contributed by atoms with Crippen LogP contribution in [-0.4, -0.2) is 29.7 Å². The van der Waals surface area contributed by atoms with E-state index >= 15 is 0 Å². The lowest BCUT2D eigenvalue weighted by atomic mass is 10.2. The standard InChI is InChI=1S/C11H21NO2/c1-7-8-9(2)12(6)10(13)14-11(3,4)5/h7,9H,1,8H2,2-6H3/t9-/m1/s1. The van der Waals surface area contributed by atoms with Crippen LogP contribution in [0.4, 0.5) is 4.79 Å². The first-order valence-corrected chi connectivity index (χ1v) is 4.84. The SMILES string of the molecule is C=CC[C@@H](C)N(C)C(=O)OC(C)(C)C. The van der Waals surface area contributed by atoms with E-state index in [1.807, 2.05) is 27.7 Å². The van der Waals surface area contributed by atoms with Gasteiger partial charge in [0.05, 0.1) is 0 Å². The second-order valence-electron chi connectivity index (χ2n) is 4.46. The molecule has 0 N–H and O–H groups in total. The summed E-state index contributed by atoms with van der Waals surface area (Å²) in [7, 11) is 1.74. The molecule has 3 nitrogen and oxygen atoms in total. The zero-order valence-corrected chi connectivity index (χ0v) is 9.83. The first-order chi connectivity index (χ1) is 6.28. The van der Waals surface area contributed by atoms with Crippen LogP contribution in [0.2, 0.25) is 0 Å². The van der Waals surface area contributed by atoms with E-state index in [9.17, 15) is 4.79 Å². The number of nitrogens with zero attached hydrogens (tertiary/aromatic N) is 1. The summed E-state index contributed by atoms with van der Waals surface area (Å²) in [6, 6.07) is 0.127. The summed E-state index contributed by atoms with van der Waals surface area (Å²) in [4.78, 5) is 13.1. The van der Waals surface area contributed by atoms with Gasteiger partial charge in [0.15, 0.2) is 0 Å². The van der Waals surface area contributed by atoms with E-state index in [-0.39, 0.29) is 12.1 Å². The number of carbonyl (C=O) groups excluding carboxylic acids is 1. The maximum atomic E-state index is 11.5. The van der Waals surface area contributed by atoms with Crippen LogP contribution < -0.4 is 0 Å². The van der Waals surface area contributed by atoms with E-state index in [2.05, 4.69) is 6.58 Å². The molecule has 0 heterocycles. The van der Waals surface area contributed by atoms with E-state index in [1.165, 1.54) is 0 Å². The second kappa shape index (κ2) is 5.03. The van der Waals surface area contributed by atoms with Crippen LogP contribution in [0.5, 0.6) is 0 Å². The molecule has 0 fully saturated rings. The summed E-state index contributed by atoms with van der Waals surface area (Å²) in [6.07, 6.45) is 2.29. The van der Waals surface area contributed by atoms with Crippen LogP contribution in [0.3, 0.4) is 0 Å². The molecule has 82 valence electrons. The lowest BCUT2D eigenvalue weighted by molar-refractivity contribution is 0.0238. The van der Waals surface area contributed by atoms with Crippen LogP contribution in [0.15, 0.2) is 12.7 Å². The Morgan fingerprint density at radius 2 is 2.07 bits per heavy atom. The van der Waals surface area contributed by atoms with Crippen LogP contribution in [0.1, 0.15) is 34.1 Å². The third-order valence-electron chi connectivity index (χ3n) is 1.85.